The van der Waals surface area contributed by atoms with Crippen LogP contribution in [-0.2, 0) is 0 Å². The molecule has 0 saturated heterocycles. The van der Waals surface area contributed by atoms with Crippen LogP contribution in [-0.4, -0.2) is 0 Å². The fourth-order valence-corrected chi connectivity index (χ4v) is 3.23. The summed E-state index contributed by atoms with van der Waals surface area (Å²) in [5, 5.41) is 5.64. The molecule has 0 saturated carbocycles. The first kappa shape index (κ1) is 7.35. The number of hydrogen-bond acceptors (Lipinski definition) is 3. The third kappa shape index (κ3) is 0.975. The highest BCUT2D eigenvalue weighted by Crippen LogP contribution is 2.35. The number of benzene rings is 1. The van der Waals surface area contributed by atoms with Gasteiger partial charge in [-0.05, 0) is 29.6 Å². The van der Waals surface area contributed by atoms with Gasteiger partial charge in [-0.25, -0.2) is 0 Å². The Morgan fingerprint density at radius 1 is 1.00 bits per heavy atom. The summed E-state index contributed by atoms with van der Waals surface area (Å²) < 4.78 is 2.62. The van der Waals surface area contributed by atoms with E-state index in [0.29, 0.717) is 0 Å². The molecule has 13 heavy (non-hydrogen) atoms. The van der Waals surface area contributed by atoms with E-state index in [9.17, 15) is 0 Å². The Morgan fingerprint density at radius 3 is 2.77 bits per heavy atom. The fraction of sp³-hybridized carbons (Fsp3) is 0. The minimum Gasteiger partial charge on any atom is -0.391 e. The maximum atomic E-state index is 5.77. The average Bonchev–Trinajstić information content (AvgIpc) is 2.65. The van der Waals surface area contributed by atoms with Crippen LogP contribution in [0.4, 0.5) is 5.00 Å². The van der Waals surface area contributed by atoms with Gasteiger partial charge in [0.05, 0.1) is 5.00 Å². The van der Waals surface area contributed by atoms with Crippen LogP contribution in [0.15, 0.2) is 29.6 Å². The maximum absolute atomic E-state index is 5.77. The molecule has 2 heterocycles. The summed E-state index contributed by atoms with van der Waals surface area (Å²) in [5.41, 5.74) is 5.77. The molecule has 0 amide bonds. The van der Waals surface area contributed by atoms with Gasteiger partial charge in [0, 0.05) is 20.2 Å². The molecule has 0 unspecified atom stereocenters. The molecule has 1 aromatic carbocycles. The Labute approximate surface area is 83.4 Å². The zero-order chi connectivity index (χ0) is 8.84. The van der Waals surface area contributed by atoms with Crippen molar-refractivity contribution in [2.24, 2.45) is 0 Å². The van der Waals surface area contributed by atoms with Gasteiger partial charge in [-0.2, -0.15) is 0 Å². The van der Waals surface area contributed by atoms with E-state index >= 15 is 0 Å². The van der Waals surface area contributed by atoms with Gasteiger partial charge in [-0.15, -0.1) is 22.7 Å². The molecule has 0 aliphatic heterocycles. The largest absolute Gasteiger partial charge is 0.391 e. The fourth-order valence-electron chi connectivity index (χ4n) is 1.58. The second kappa shape index (κ2) is 2.47. The van der Waals surface area contributed by atoms with E-state index in [-0.39, 0.29) is 0 Å². The first-order valence-electron chi connectivity index (χ1n) is 4.00. The number of nitrogen functional groups attached to an aromatic ring is 1. The molecule has 0 fully saturated rings. The molecule has 0 spiro atoms. The molecule has 0 radical (unpaired) electrons. The molecule has 0 atom stereocenters. The third-order valence-corrected chi connectivity index (χ3v) is 3.96. The van der Waals surface area contributed by atoms with Crippen LogP contribution in [0.25, 0.3) is 20.2 Å². The Balaban J connectivity index is 2.64. The topological polar surface area (TPSA) is 26.0 Å². The Hall–Kier alpha value is -1.06. The lowest BCUT2D eigenvalue weighted by Crippen LogP contribution is -1.72. The quantitative estimate of drug-likeness (QED) is 0.595. The lowest BCUT2D eigenvalue weighted by Gasteiger charge is -1.90. The number of hydrogen-bond donors (Lipinski definition) is 1. The van der Waals surface area contributed by atoms with Crippen molar-refractivity contribution in [2.75, 3.05) is 5.73 Å². The van der Waals surface area contributed by atoms with Crippen LogP contribution in [0.3, 0.4) is 0 Å². The molecular formula is C10H7NS2. The zero-order valence-corrected chi connectivity index (χ0v) is 8.41. The molecule has 3 rings (SSSR count). The van der Waals surface area contributed by atoms with E-state index < -0.39 is 0 Å². The minimum atomic E-state index is 0.897. The molecule has 0 aliphatic rings. The van der Waals surface area contributed by atoms with E-state index in [1.165, 1.54) is 20.2 Å². The van der Waals surface area contributed by atoms with Crippen molar-refractivity contribution < 1.29 is 0 Å². The molecule has 64 valence electrons. The minimum absolute atomic E-state index is 0.897. The predicted molar refractivity (Wildman–Crippen MR) is 61.6 cm³/mol. The SMILES string of the molecule is Nc1cc2c(ccc3sccc32)s1. The van der Waals surface area contributed by atoms with Crippen molar-refractivity contribution >= 4 is 47.8 Å². The van der Waals surface area contributed by atoms with E-state index in [2.05, 4.69) is 29.6 Å². The molecule has 3 aromatic rings. The van der Waals surface area contributed by atoms with Crippen molar-refractivity contribution in [3.05, 3.63) is 29.6 Å². The Kier molecular flexibility index (Phi) is 1.39. The van der Waals surface area contributed by atoms with Gasteiger partial charge in [0.15, 0.2) is 0 Å². The second-order valence-electron chi connectivity index (χ2n) is 2.96. The summed E-state index contributed by atoms with van der Waals surface area (Å²) >= 11 is 3.43. The van der Waals surface area contributed by atoms with E-state index in [4.69, 9.17) is 5.73 Å². The highest BCUT2D eigenvalue weighted by Gasteiger charge is 2.03. The lowest BCUT2D eigenvalue weighted by atomic mass is 10.2. The van der Waals surface area contributed by atoms with Gasteiger partial charge < -0.3 is 5.73 Å². The average molecular weight is 205 g/mol. The molecular weight excluding hydrogens is 198 g/mol. The predicted octanol–water partition coefficient (Wildman–Crippen LogP) is 3.70. The molecule has 1 nitrogen and oxygen atoms in total. The van der Waals surface area contributed by atoms with E-state index in [0.717, 1.165) is 5.00 Å². The smallest absolute Gasteiger partial charge is 0.0869 e. The van der Waals surface area contributed by atoms with Crippen LogP contribution in [0.5, 0.6) is 0 Å². The number of fused-ring (bicyclic) bond motifs is 3. The second-order valence-corrected chi connectivity index (χ2v) is 5.02. The van der Waals surface area contributed by atoms with Crippen molar-refractivity contribution in [1.82, 2.24) is 0 Å². The van der Waals surface area contributed by atoms with Crippen LogP contribution in [0, 0.1) is 0 Å². The monoisotopic (exact) mass is 205 g/mol. The van der Waals surface area contributed by atoms with Crippen LogP contribution < -0.4 is 5.73 Å². The van der Waals surface area contributed by atoms with Crippen LogP contribution in [0.1, 0.15) is 0 Å². The number of anilines is 1. The summed E-state index contributed by atoms with van der Waals surface area (Å²) in [5.74, 6) is 0. The van der Waals surface area contributed by atoms with Crippen LogP contribution >= 0.6 is 22.7 Å². The van der Waals surface area contributed by atoms with Crippen LogP contribution in [0.2, 0.25) is 0 Å². The van der Waals surface area contributed by atoms with Gasteiger partial charge in [0.25, 0.3) is 0 Å². The highest BCUT2D eigenvalue weighted by atomic mass is 32.1. The van der Waals surface area contributed by atoms with Gasteiger partial charge in [-0.3, -0.25) is 0 Å². The molecule has 2 N–H and O–H groups in total. The molecule has 3 heteroatoms. The summed E-state index contributed by atoms with van der Waals surface area (Å²) in [4.78, 5) is 0. The first-order chi connectivity index (χ1) is 6.34. The number of rotatable bonds is 0. The molecule has 0 aliphatic carbocycles. The maximum Gasteiger partial charge on any atom is 0.0869 e. The highest BCUT2D eigenvalue weighted by molar-refractivity contribution is 7.23. The Morgan fingerprint density at radius 2 is 1.85 bits per heavy atom. The number of thiophene rings is 2. The Bertz CT molecular complexity index is 577. The van der Waals surface area contributed by atoms with Gasteiger partial charge in [0.1, 0.15) is 0 Å². The van der Waals surface area contributed by atoms with Gasteiger partial charge >= 0.3 is 0 Å². The van der Waals surface area contributed by atoms with Gasteiger partial charge in [-0.1, -0.05) is 0 Å². The summed E-state index contributed by atoms with van der Waals surface area (Å²) in [6.07, 6.45) is 0. The van der Waals surface area contributed by atoms with E-state index in [1.807, 2.05) is 0 Å². The normalized spacial score (nSPS) is 11.4. The zero-order valence-electron chi connectivity index (χ0n) is 6.78. The number of nitrogens with two attached hydrogens (primary N) is 1. The van der Waals surface area contributed by atoms with Crippen molar-refractivity contribution in [3.8, 4) is 0 Å². The summed E-state index contributed by atoms with van der Waals surface area (Å²) in [6, 6.07) is 8.54. The third-order valence-electron chi connectivity index (χ3n) is 2.15. The summed E-state index contributed by atoms with van der Waals surface area (Å²) in [7, 11) is 0. The lowest BCUT2D eigenvalue weighted by molar-refractivity contribution is 1.98. The summed E-state index contributed by atoms with van der Waals surface area (Å²) in [6.45, 7) is 0. The molecule has 0 bridgehead atoms. The van der Waals surface area contributed by atoms with Crippen molar-refractivity contribution in [3.63, 3.8) is 0 Å². The van der Waals surface area contributed by atoms with Crippen molar-refractivity contribution in [2.45, 2.75) is 0 Å². The first-order valence-corrected chi connectivity index (χ1v) is 5.69. The molecule has 2 aromatic heterocycles. The van der Waals surface area contributed by atoms with Crippen molar-refractivity contribution in [1.29, 1.82) is 0 Å². The van der Waals surface area contributed by atoms with E-state index in [1.54, 1.807) is 22.7 Å². The van der Waals surface area contributed by atoms with Gasteiger partial charge in [0.2, 0.25) is 0 Å². The standard InChI is InChI=1S/C10H7NS2/c11-10-5-7-6-3-4-12-8(6)1-2-9(7)13-10/h1-5H,11H2.